The number of benzene rings is 3. The third kappa shape index (κ3) is 17.7. The van der Waals surface area contributed by atoms with Crippen LogP contribution in [0, 0.1) is 60.7 Å². The van der Waals surface area contributed by atoms with Crippen molar-refractivity contribution in [3.8, 4) is 33.4 Å². The van der Waals surface area contributed by atoms with E-state index in [9.17, 15) is 14.4 Å². The Bertz CT molecular complexity index is 5650. The van der Waals surface area contributed by atoms with E-state index in [4.69, 9.17) is 42.7 Å². The average Bonchev–Trinajstić information content (AvgIpc) is 1.67. The number of pyridine rings is 6. The van der Waals surface area contributed by atoms with Gasteiger partial charge in [-0.2, -0.15) is 0 Å². The Balaban J connectivity index is 1.02. The molecule has 125 heavy (non-hydrogen) atoms. The summed E-state index contributed by atoms with van der Waals surface area (Å²) in [6, 6.07) is 30.8. The summed E-state index contributed by atoms with van der Waals surface area (Å²) in [4.78, 5) is 68.0. The lowest BCUT2D eigenvalue weighted by atomic mass is 9.68. The normalized spacial score (nSPS) is 15.5. The lowest BCUT2D eigenvalue weighted by Gasteiger charge is -2.59. The van der Waals surface area contributed by atoms with Crippen molar-refractivity contribution in [3.05, 3.63) is 241 Å². The number of ether oxygens (including phenoxy) is 3. The number of hydrogen-bond acceptors (Lipinski definition) is 16. The van der Waals surface area contributed by atoms with Crippen LogP contribution in [0.3, 0.4) is 0 Å². The van der Waals surface area contributed by atoms with Crippen molar-refractivity contribution in [2.24, 2.45) is 32.5 Å². The van der Waals surface area contributed by atoms with Gasteiger partial charge in [-0.05, 0) is 192 Å². The van der Waals surface area contributed by atoms with Gasteiger partial charge < -0.3 is 56.3 Å². The number of anilines is 3. The lowest BCUT2D eigenvalue weighted by molar-refractivity contribution is -0.259. The van der Waals surface area contributed by atoms with Crippen LogP contribution in [0.1, 0.15) is 141 Å². The first-order valence-corrected chi connectivity index (χ1v) is 47.1. The zero-order valence-electron chi connectivity index (χ0n) is 74.4. The number of phosphoric acid groups is 1. The molecule has 0 atom stereocenters. The molecule has 0 spiro atoms. The molecule has 22 nitrogen and oxygen atoms in total. The van der Waals surface area contributed by atoms with Crippen LogP contribution in [-0.4, -0.2) is 121 Å². The van der Waals surface area contributed by atoms with Gasteiger partial charge in [0.1, 0.15) is 34.4 Å². The first kappa shape index (κ1) is 91.7. The highest BCUT2D eigenvalue weighted by atomic mass is 127. The SMILES string of the molecule is CC(C)(C)C(OP(=O)(OC(n1cc(-c2ccn(Cc3cc(F)cc(I)c3)c(=O)c2)c2cc(N3CCOCC3)cnc21)(C(C)(C)C)C(C)(C)C)OC(n1cc(-c2ccn(Cc3cc(F)cc(I)c3)c(=O)c2)c2cc(N3CCOCC3)cnc21)(C(C)(C)C)C(C)(C)C)(n1cc(-c2ccn(Cc3cc(F)cc(I)c3)c(=O)c2)c2cc(N3CCOCC3)cnc21)C(C)(C)C. The van der Waals surface area contributed by atoms with Crippen LogP contribution in [0.4, 0.5) is 30.2 Å². The minimum Gasteiger partial charge on any atom is -0.378 e. The van der Waals surface area contributed by atoms with Gasteiger partial charge in [0, 0.05) is 171 Å². The minimum absolute atomic E-state index is 0.0998. The smallest absolute Gasteiger partial charge is 0.378 e. The molecule has 0 unspecified atom stereocenters. The zero-order valence-corrected chi connectivity index (χ0v) is 81.7. The Hall–Kier alpha value is -8.05. The summed E-state index contributed by atoms with van der Waals surface area (Å²) in [6.45, 7) is 43.4. The largest absolute Gasteiger partial charge is 0.481 e. The topological polar surface area (TPSA) is 202 Å². The molecular weight excluding hydrogens is 1950 g/mol. The van der Waals surface area contributed by atoms with E-state index in [1.807, 2.05) is 212 Å². The van der Waals surface area contributed by atoms with Gasteiger partial charge in [0.05, 0.1) is 94.9 Å². The molecule has 15 rings (SSSR count). The van der Waals surface area contributed by atoms with Gasteiger partial charge in [0.25, 0.3) is 16.7 Å². The number of aromatic nitrogens is 9. The van der Waals surface area contributed by atoms with Crippen LogP contribution in [0.2, 0.25) is 0 Å². The van der Waals surface area contributed by atoms with Crippen molar-refractivity contribution in [3.63, 3.8) is 0 Å². The molecule has 3 saturated heterocycles. The highest BCUT2D eigenvalue weighted by molar-refractivity contribution is 14.1. The van der Waals surface area contributed by atoms with Gasteiger partial charge in [0.15, 0.2) is 17.2 Å². The first-order chi connectivity index (χ1) is 58.7. The predicted octanol–water partition coefficient (Wildman–Crippen LogP) is 20.9. The van der Waals surface area contributed by atoms with Gasteiger partial charge in [-0.3, -0.25) is 28.0 Å². The van der Waals surface area contributed by atoms with Crippen molar-refractivity contribution in [1.29, 1.82) is 0 Å². The molecule has 3 aliphatic heterocycles. The highest BCUT2D eigenvalue weighted by Crippen LogP contribution is 2.73. The summed E-state index contributed by atoms with van der Waals surface area (Å²) >= 11 is 6.23. The monoisotopic (exact) mass is 2060 g/mol. The lowest BCUT2D eigenvalue weighted by Crippen LogP contribution is -2.61. The number of fused-ring (bicyclic) bond motifs is 3. The second-order valence-electron chi connectivity index (χ2n) is 39.4. The summed E-state index contributed by atoms with van der Waals surface area (Å²) < 4.78 is 121. The maximum Gasteiger partial charge on any atom is 0.481 e. The quantitative estimate of drug-likeness (QED) is 0.0485. The molecule has 3 aromatic carbocycles. The van der Waals surface area contributed by atoms with Crippen molar-refractivity contribution >= 4 is 126 Å². The number of morpholine rings is 3. The molecular formula is C96H111F3I3N12O10P. The van der Waals surface area contributed by atoms with Crippen molar-refractivity contribution in [2.75, 3.05) is 93.6 Å². The molecule has 3 aliphatic rings. The molecule has 0 bridgehead atoms. The van der Waals surface area contributed by atoms with E-state index in [1.165, 1.54) is 36.4 Å². The summed E-state index contributed by atoms with van der Waals surface area (Å²) in [5.74, 6) is -1.23. The number of nitrogens with zero attached hydrogens (tertiary/aromatic N) is 12. The van der Waals surface area contributed by atoms with Gasteiger partial charge >= 0.3 is 7.82 Å². The molecule has 0 radical (unpaired) electrons. The standard InChI is InChI=1S/C96H111F3I3N12O10P/c1-88(2,3)94(89(4,5)6,112-58-79(76-49-73(52-103-85(76)112)106-25-31-119-32-26-106)64-19-22-109(82(115)43-64)55-61-37-67(97)46-70(100)40-61)122-125(118,123-95(90(7,8)9,91(10,11)12)113-59-80(77-50-74(53-104-86(77)113)107-27-33-120-34-28-107)65-20-23-110(83(116)44-65)56-62-38-68(98)47-71(101)41-62)124-96(92(13,14)15,93(16,17)18)114-60-81(78-51-75(54-105-87(78)114)108-29-35-121-36-30-108)66-21-24-111(84(117)45-66)57-63-39-69(99)48-72(102)42-63/h19-24,37-54,58-60H,25-36,55-57H2,1-18H3. The molecule has 9 aromatic heterocycles. The second-order valence-corrected chi connectivity index (χ2v) is 44.5. The summed E-state index contributed by atoms with van der Waals surface area (Å²) in [6.07, 6.45) is 16.5. The molecule has 0 N–H and O–H groups in total. The van der Waals surface area contributed by atoms with Gasteiger partial charge in [0.2, 0.25) is 0 Å². The number of rotatable bonds is 21. The molecule has 0 amide bonds. The number of halogens is 6. The fraction of sp³-hybridized carbons (Fsp3) is 0.438. The molecule has 29 heteroatoms. The summed E-state index contributed by atoms with van der Waals surface area (Å²) in [7, 11) is -5.79. The molecule has 12 aromatic rings. The van der Waals surface area contributed by atoms with Crippen LogP contribution in [0.25, 0.3) is 66.5 Å². The second kappa shape index (κ2) is 34.4. The Morgan fingerprint density at radius 2 is 0.600 bits per heavy atom. The maximum absolute atomic E-state index is 20.1. The average molecular weight is 2060 g/mol. The Morgan fingerprint density at radius 3 is 0.816 bits per heavy atom. The van der Waals surface area contributed by atoms with E-state index in [-0.39, 0.29) is 36.3 Å². The first-order valence-electron chi connectivity index (χ1n) is 42.4. The van der Waals surface area contributed by atoms with Crippen molar-refractivity contribution < 1.29 is 45.5 Å². The predicted molar refractivity (Wildman–Crippen MR) is 514 cm³/mol. The van der Waals surface area contributed by atoms with Crippen LogP contribution < -0.4 is 31.4 Å². The van der Waals surface area contributed by atoms with E-state index in [0.717, 1.165) is 17.1 Å². The molecule has 0 saturated carbocycles. The number of phosphoric ester groups is 1. The van der Waals surface area contributed by atoms with E-state index in [0.29, 0.717) is 173 Å². The van der Waals surface area contributed by atoms with Crippen LogP contribution >= 0.6 is 75.6 Å². The third-order valence-corrected chi connectivity index (χ3v) is 27.9. The Kier molecular flexibility index (Phi) is 25.3. The summed E-state index contributed by atoms with van der Waals surface area (Å²) in [5.41, 5.74) is -5.17. The summed E-state index contributed by atoms with van der Waals surface area (Å²) in [5, 5.41) is 1.91. The number of hydrogen-bond donors (Lipinski definition) is 0. The zero-order chi connectivity index (χ0) is 89.8. The third-order valence-electron chi connectivity index (χ3n) is 24.6. The molecule has 3 fully saturated rings. The van der Waals surface area contributed by atoms with Crippen LogP contribution in [0.5, 0.6) is 0 Å². The fourth-order valence-electron chi connectivity index (χ4n) is 19.8. The maximum atomic E-state index is 20.1. The van der Waals surface area contributed by atoms with E-state index in [2.05, 4.69) is 101 Å². The van der Waals surface area contributed by atoms with Crippen LogP contribution in [-0.2, 0) is 69.2 Å². The van der Waals surface area contributed by atoms with Gasteiger partial charge in [-0.1, -0.05) is 125 Å². The van der Waals surface area contributed by atoms with Gasteiger partial charge in [-0.25, -0.2) is 32.7 Å². The van der Waals surface area contributed by atoms with Crippen molar-refractivity contribution in [1.82, 2.24) is 42.4 Å². The molecule has 12 heterocycles. The minimum atomic E-state index is -5.79. The molecule has 0 aliphatic carbocycles. The van der Waals surface area contributed by atoms with Crippen LogP contribution in [0.15, 0.2) is 179 Å². The van der Waals surface area contributed by atoms with E-state index < -0.39 is 74.9 Å². The molecule has 662 valence electrons. The van der Waals surface area contributed by atoms with E-state index in [1.54, 1.807) is 50.5 Å². The van der Waals surface area contributed by atoms with Gasteiger partial charge in [-0.15, -0.1) is 0 Å². The Labute approximate surface area is 769 Å². The fourth-order valence-corrected chi connectivity index (χ4v) is 24.9. The van der Waals surface area contributed by atoms with Crippen molar-refractivity contribution in [2.45, 2.75) is 161 Å². The van der Waals surface area contributed by atoms with E-state index >= 15 is 17.7 Å². The highest BCUT2D eigenvalue weighted by Gasteiger charge is 2.68. The Morgan fingerprint density at radius 1 is 0.360 bits per heavy atom.